The Balaban J connectivity index is 1.36. The molecule has 0 spiro atoms. The third-order valence-corrected chi connectivity index (χ3v) is 5.98. The number of carbonyl (C=O) groups is 1. The van der Waals surface area contributed by atoms with E-state index in [1.165, 1.54) is 0 Å². The van der Waals surface area contributed by atoms with Gasteiger partial charge in [0.25, 0.3) is 5.91 Å². The van der Waals surface area contributed by atoms with Crippen LogP contribution >= 0.6 is 0 Å². The van der Waals surface area contributed by atoms with Gasteiger partial charge in [0.1, 0.15) is 11.4 Å². The van der Waals surface area contributed by atoms with Crippen molar-refractivity contribution in [3.05, 3.63) is 53.5 Å². The van der Waals surface area contributed by atoms with Crippen LogP contribution in [-0.2, 0) is 24.8 Å². The molecule has 1 aromatic carbocycles. The quantitative estimate of drug-likeness (QED) is 0.620. The standard InChI is InChI=1S/C23H26N6O3/c1-27-21(13-19(26-27)16-4-3-5-18(12-16)31-2)22(30)29-7-6-17-14-24-23(25-20(17)15-29)28-8-10-32-11-9-28/h3-5,12-14H,6-11,15H2,1-2H3. The first-order valence-electron chi connectivity index (χ1n) is 10.8. The molecular weight excluding hydrogens is 408 g/mol. The van der Waals surface area contributed by atoms with Gasteiger partial charge in [-0.1, -0.05) is 12.1 Å². The summed E-state index contributed by atoms with van der Waals surface area (Å²) in [6, 6.07) is 9.51. The second-order valence-corrected chi connectivity index (χ2v) is 7.99. The van der Waals surface area contributed by atoms with Gasteiger partial charge in [0.15, 0.2) is 0 Å². The van der Waals surface area contributed by atoms with Crippen LogP contribution in [0.25, 0.3) is 11.3 Å². The number of carbonyl (C=O) groups excluding carboxylic acids is 1. The molecule has 2 aliphatic heterocycles. The number of morpholine rings is 1. The van der Waals surface area contributed by atoms with Gasteiger partial charge >= 0.3 is 0 Å². The van der Waals surface area contributed by atoms with Crippen molar-refractivity contribution >= 4 is 11.9 Å². The van der Waals surface area contributed by atoms with E-state index in [1.807, 2.05) is 41.4 Å². The predicted molar refractivity (Wildman–Crippen MR) is 119 cm³/mol. The lowest BCUT2D eigenvalue weighted by molar-refractivity contribution is 0.0720. The molecule has 32 heavy (non-hydrogen) atoms. The minimum Gasteiger partial charge on any atom is -0.497 e. The second-order valence-electron chi connectivity index (χ2n) is 7.99. The summed E-state index contributed by atoms with van der Waals surface area (Å²) in [5.41, 5.74) is 4.22. The highest BCUT2D eigenvalue weighted by atomic mass is 16.5. The molecule has 1 saturated heterocycles. The largest absolute Gasteiger partial charge is 0.497 e. The highest BCUT2D eigenvalue weighted by Gasteiger charge is 2.27. The van der Waals surface area contributed by atoms with Crippen LogP contribution in [0.3, 0.4) is 0 Å². The maximum absolute atomic E-state index is 13.4. The summed E-state index contributed by atoms with van der Waals surface area (Å²) >= 11 is 0. The first kappa shape index (κ1) is 20.4. The van der Waals surface area contributed by atoms with Crippen LogP contribution in [0.15, 0.2) is 36.5 Å². The Labute approximate surface area is 186 Å². The smallest absolute Gasteiger partial charge is 0.272 e. The van der Waals surface area contributed by atoms with E-state index >= 15 is 0 Å². The molecule has 0 radical (unpaired) electrons. The maximum Gasteiger partial charge on any atom is 0.272 e. The lowest BCUT2D eigenvalue weighted by Gasteiger charge is -2.30. The van der Waals surface area contributed by atoms with Crippen LogP contribution in [0, 0.1) is 0 Å². The number of anilines is 1. The minimum atomic E-state index is -0.0497. The molecule has 0 bridgehead atoms. The van der Waals surface area contributed by atoms with Crippen molar-refractivity contribution in [2.24, 2.45) is 7.05 Å². The fourth-order valence-corrected chi connectivity index (χ4v) is 4.13. The van der Waals surface area contributed by atoms with Gasteiger partial charge in [0.05, 0.1) is 38.3 Å². The summed E-state index contributed by atoms with van der Waals surface area (Å²) in [7, 11) is 3.43. The first-order valence-corrected chi connectivity index (χ1v) is 10.8. The molecule has 4 heterocycles. The monoisotopic (exact) mass is 434 g/mol. The lowest BCUT2D eigenvalue weighted by Crippen LogP contribution is -2.39. The molecule has 1 fully saturated rings. The molecule has 2 aromatic heterocycles. The summed E-state index contributed by atoms with van der Waals surface area (Å²) in [4.78, 5) is 26.7. The van der Waals surface area contributed by atoms with Crippen molar-refractivity contribution in [1.29, 1.82) is 0 Å². The SMILES string of the molecule is COc1cccc(-c2cc(C(=O)N3CCc4cnc(N5CCOCC5)nc4C3)n(C)n2)c1. The number of hydrogen-bond donors (Lipinski definition) is 0. The fourth-order valence-electron chi connectivity index (χ4n) is 4.13. The number of aryl methyl sites for hydroxylation is 1. The summed E-state index contributed by atoms with van der Waals surface area (Å²) in [6.45, 7) is 4.02. The van der Waals surface area contributed by atoms with E-state index in [4.69, 9.17) is 14.5 Å². The lowest BCUT2D eigenvalue weighted by atomic mass is 10.1. The van der Waals surface area contributed by atoms with Crippen molar-refractivity contribution < 1.29 is 14.3 Å². The molecule has 0 atom stereocenters. The summed E-state index contributed by atoms with van der Waals surface area (Å²) in [5.74, 6) is 1.41. The molecular formula is C23H26N6O3. The normalized spacial score (nSPS) is 16.1. The molecule has 0 saturated carbocycles. The second kappa shape index (κ2) is 8.58. The topological polar surface area (TPSA) is 85.6 Å². The van der Waals surface area contributed by atoms with Crippen molar-refractivity contribution in [3.8, 4) is 17.0 Å². The summed E-state index contributed by atoms with van der Waals surface area (Å²) in [5, 5.41) is 4.56. The molecule has 3 aromatic rings. The van der Waals surface area contributed by atoms with E-state index in [-0.39, 0.29) is 5.91 Å². The van der Waals surface area contributed by atoms with E-state index in [1.54, 1.807) is 18.8 Å². The molecule has 0 unspecified atom stereocenters. The van der Waals surface area contributed by atoms with Gasteiger partial charge < -0.3 is 19.3 Å². The van der Waals surface area contributed by atoms with Gasteiger partial charge in [0.2, 0.25) is 5.95 Å². The van der Waals surface area contributed by atoms with Crippen LogP contribution in [0.2, 0.25) is 0 Å². The van der Waals surface area contributed by atoms with E-state index in [9.17, 15) is 4.79 Å². The van der Waals surface area contributed by atoms with Gasteiger partial charge in [-0.3, -0.25) is 9.48 Å². The van der Waals surface area contributed by atoms with Gasteiger partial charge in [-0.25, -0.2) is 9.97 Å². The number of ether oxygens (including phenoxy) is 2. The minimum absolute atomic E-state index is 0.0497. The van der Waals surface area contributed by atoms with Gasteiger partial charge in [-0.2, -0.15) is 5.10 Å². The van der Waals surface area contributed by atoms with Crippen molar-refractivity contribution in [1.82, 2.24) is 24.6 Å². The highest BCUT2D eigenvalue weighted by Crippen LogP contribution is 2.25. The summed E-state index contributed by atoms with van der Waals surface area (Å²) < 4.78 is 12.4. The van der Waals surface area contributed by atoms with Crippen molar-refractivity contribution in [2.75, 3.05) is 44.9 Å². The Bertz CT molecular complexity index is 1140. The number of benzene rings is 1. The number of rotatable bonds is 4. The Morgan fingerprint density at radius 2 is 2.00 bits per heavy atom. The van der Waals surface area contributed by atoms with E-state index in [0.29, 0.717) is 37.9 Å². The van der Waals surface area contributed by atoms with E-state index in [0.717, 1.165) is 47.8 Å². The average molecular weight is 435 g/mol. The van der Waals surface area contributed by atoms with Crippen molar-refractivity contribution in [3.63, 3.8) is 0 Å². The molecule has 166 valence electrons. The Hall–Kier alpha value is -3.46. The number of methoxy groups -OCH3 is 1. The molecule has 5 rings (SSSR count). The Morgan fingerprint density at radius 1 is 1.16 bits per heavy atom. The van der Waals surface area contributed by atoms with E-state index in [2.05, 4.69) is 15.0 Å². The molecule has 9 heteroatoms. The van der Waals surface area contributed by atoms with Crippen LogP contribution in [0.1, 0.15) is 21.7 Å². The average Bonchev–Trinajstić information content (AvgIpc) is 3.25. The zero-order valence-corrected chi connectivity index (χ0v) is 18.3. The highest BCUT2D eigenvalue weighted by molar-refractivity contribution is 5.94. The Kier molecular flexibility index (Phi) is 5.48. The summed E-state index contributed by atoms with van der Waals surface area (Å²) in [6.07, 6.45) is 2.64. The molecule has 0 N–H and O–H groups in total. The van der Waals surface area contributed by atoms with Crippen LogP contribution < -0.4 is 9.64 Å². The zero-order chi connectivity index (χ0) is 22.1. The van der Waals surface area contributed by atoms with Crippen molar-refractivity contribution in [2.45, 2.75) is 13.0 Å². The van der Waals surface area contributed by atoms with Crippen LogP contribution in [-0.4, -0.2) is 70.5 Å². The number of hydrogen-bond acceptors (Lipinski definition) is 7. The first-order chi connectivity index (χ1) is 15.6. The van der Waals surface area contributed by atoms with Gasteiger partial charge in [-0.15, -0.1) is 0 Å². The van der Waals surface area contributed by atoms with Gasteiger partial charge in [0, 0.05) is 38.4 Å². The fraction of sp³-hybridized carbons (Fsp3) is 0.391. The van der Waals surface area contributed by atoms with Gasteiger partial charge in [-0.05, 0) is 30.2 Å². The molecule has 9 nitrogen and oxygen atoms in total. The van der Waals surface area contributed by atoms with Crippen LogP contribution in [0.4, 0.5) is 5.95 Å². The number of amides is 1. The molecule has 1 amide bonds. The maximum atomic E-state index is 13.4. The van der Waals surface area contributed by atoms with Crippen LogP contribution in [0.5, 0.6) is 5.75 Å². The third-order valence-electron chi connectivity index (χ3n) is 5.98. The zero-order valence-electron chi connectivity index (χ0n) is 18.3. The third kappa shape index (κ3) is 3.91. The number of aromatic nitrogens is 4. The Morgan fingerprint density at radius 3 is 2.81 bits per heavy atom. The molecule has 2 aliphatic rings. The predicted octanol–water partition coefficient (Wildman–Crippen LogP) is 1.92. The number of fused-ring (bicyclic) bond motifs is 1. The number of nitrogens with zero attached hydrogens (tertiary/aromatic N) is 6. The van der Waals surface area contributed by atoms with E-state index < -0.39 is 0 Å². The molecule has 0 aliphatic carbocycles.